The summed E-state index contributed by atoms with van der Waals surface area (Å²) in [4.78, 5) is 22.6. The molecule has 0 aliphatic carbocycles. The molecule has 1 unspecified atom stereocenters. The van der Waals surface area contributed by atoms with E-state index in [4.69, 9.17) is 0 Å². The van der Waals surface area contributed by atoms with Gasteiger partial charge in [-0.15, -0.1) is 0 Å². The number of nitrogens with one attached hydrogen (secondary N) is 1. The molecule has 1 N–H and O–H groups in total. The first-order chi connectivity index (χ1) is 10.2. The molecule has 0 aromatic carbocycles. The highest BCUT2D eigenvalue weighted by atomic mass is 32.2. The summed E-state index contributed by atoms with van der Waals surface area (Å²) >= 11 is 0. The third-order valence-electron chi connectivity index (χ3n) is 2.87. The van der Waals surface area contributed by atoms with Crippen LogP contribution in [0.3, 0.4) is 0 Å². The van der Waals surface area contributed by atoms with Gasteiger partial charge in [-0.05, 0) is 5.92 Å². The van der Waals surface area contributed by atoms with Crippen molar-refractivity contribution in [3.63, 3.8) is 0 Å². The number of hydrogen-bond acceptors (Lipinski definition) is 8. The predicted octanol–water partition coefficient (Wildman–Crippen LogP) is 0.327. The molecule has 124 valence electrons. The lowest BCUT2D eigenvalue weighted by Crippen LogP contribution is -2.40. The lowest BCUT2D eigenvalue weighted by Gasteiger charge is -2.20. The molecule has 0 spiro atoms. The Kier molecular flexibility index (Phi) is 6.06. The number of esters is 2. The Bertz CT molecular complexity index is 636. The van der Waals surface area contributed by atoms with Crippen LogP contribution < -0.4 is 4.72 Å². The monoisotopic (exact) mass is 334 g/mol. The molecule has 0 aliphatic heterocycles. The number of hydrogen-bond donors (Lipinski definition) is 1. The summed E-state index contributed by atoms with van der Waals surface area (Å²) in [5.74, 6) is -1.54. The van der Waals surface area contributed by atoms with E-state index in [9.17, 15) is 18.0 Å². The van der Waals surface area contributed by atoms with Gasteiger partial charge in [0, 0.05) is 12.1 Å². The lowest BCUT2D eigenvalue weighted by atomic mass is 10.0. The molecule has 10 heteroatoms. The number of nitrogens with zero attached hydrogens (tertiary/aromatic N) is 1. The largest absolute Gasteiger partial charge is 0.469 e. The molecule has 0 saturated carbocycles. The molecule has 1 rings (SSSR count). The Morgan fingerprint density at radius 1 is 1.32 bits per heavy atom. The fraction of sp³-hybridized carbons (Fsp3) is 0.583. The van der Waals surface area contributed by atoms with E-state index in [1.807, 2.05) is 0 Å². The topological polar surface area (TPSA) is 125 Å². The normalized spacial score (nSPS) is 13.0. The van der Waals surface area contributed by atoms with E-state index >= 15 is 0 Å². The quantitative estimate of drug-likeness (QED) is 0.707. The number of methoxy groups -OCH3 is 2. The highest BCUT2D eigenvalue weighted by Crippen LogP contribution is 2.15. The van der Waals surface area contributed by atoms with E-state index in [1.54, 1.807) is 13.8 Å². The average molecular weight is 334 g/mol. The first-order valence-corrected chi connectivity index (χ1v) is 7.83. The van der Waals surface area contributed by atoms with Crippen molar-refractivity contribution < 1.29 is 32.0 Å². The summed E-state index contributed by atoms with van der Waals surface area (Å²) in [6.07, 6.45) is -0.134. The zero-order valence-electron chi connectivity index (χ0n) is 12.7. The van der Waals surface area contributed by atoms with Crippen molar-refractivity contribution in [2.75, 3.05) is 14.2 Å². The smallest absolute Gasteiger partial charge is 0.360 e. The minimum atomic E-state index is -4.07. The number of carbonyl (C=O) groups excluding carboxylic acids is 2. The SMILES string of the molecule is COC(=O)CC(NS(=O)(=O)c1cc(C(=O)OC)no1)C(C)C. The van der Waals surface area contributed by atoms with E-state index in [-0.39, 0.29) is 18.0 Å². The maximum atomic E-state index is 12.2. The van der Waals surface area contributed by atoms with Crippen molar-refractivity contribution in [3.8, 4) is 0 Å². The van der Waals surface area contributed by atoms with Gasteiger partial charge in [0.1, 0.15) is 0 Å². The van der Waals surface area contributed by atoms with Gasteiger partial charge in [-0.2, -0.15) is 0 Å². The van der Waals surface area contributed by atoms with Crippen LogP contribution in [0.1, 0.15) is 30.8 Å². The van der Waals surface area contributed by atoms with Gasteiger partial charge >= 0.3 is 11.9 Å². The van der Waals surface area contributed by atoms with Gasteiger partial charge in [-0.3, -0.25) is 4.79 Å². The zero-order chi connectivity index (χ0) is 16.9. The highest BCUT2D eigenvalue weighted by molar-refractivity contribution is 7.89. The molecule has 9 nitrogen and oxygen atoms in total. The van der Waals surface area contributed by atoms with Crippen molar-refractivity contribution in [2.24, 2.45) is 5.92 Å². The van der Waals surface area contributed by atoms with Gasteiger partial charge in [0.25, 0.3) is 15.1 Å². The molecule has 1 heterocycles. The van der Waals surface area contributed by atoms with Crippen LogP contribution in [0, 0.1) is 5.92 Å². The predicted molar refractivity (Wildman–Crippen MR) is 73.4 cm³/mol. The van der Waals surface area contributed by atoms with Crippen LogP contribution in [-0.2, 0) is 24.3 Å². The van der Waals surface area contributed by atoms with Crippen LogP contribution in [0.15, 0.2) is 15.7 Å². The third-order valence-corrected chi connectivity index (χ3v) is 4.21. The molecule has 1 atom stereocenters. The van der Waals surface area contributed by atoms with Gasteiger partial charge < -0.3 is 14.0 Å². The zero-order valence-corrected chi connectivity index (χ0v) is 13.5. The Hall–Kier alpha value is -1.94. The fourth-order valence-corrected chi connectivity index (χ4v) is 2.79. The standard InChI is InChI=1S/C12H18N2O7S/c1-7(2)8(5-10(15)19-3)14-22(17,18)11-6-9(13-21-11)12(16)20-4/h6-8,14H,5H2,1-4H3. The number of ether oxygens (including phenoxy) is 2. The van der Waals surface area contributed by atoms with Gasteiger partial charge in [-0.1, -0.05) is 19.0 Å². The lowest BCUT2D eigenvalue weighted by molar-refractivity contribution is -0.141. The second kappa shape index (κ2) is 7.36. The Morgan fingerprint density at radius 2 is 1.95 bits per heavy atom. The molecule has 0 radical (unpaired) electrons. The summed E-state index contributed by atoms with van der Waals surface area (Å²) in [6.45, 7) is 3.49. The molecular formula is C12H18N2O7S. The maximum absolute atomic E-state index is 12.2. The average Bonchev–Trinajstić information content (AvgIpc) is 2.95. The van der Waals surface area contributed by atoms with Crippen molar-refractivity contribution in [2.45, 2.75) is 31.4 Å². The van der Waals surface area contributed by atoms with Crippen molar-refractivity contribution in [1.29, 1.82) is 0 Å². The van der Waals surface area contributed by atoms with Crippen LogP contribution in [0.25, 0.3) is 0 Å². The summed E-state index contributed by atoms with van der Waals surface area (Å²) in [7, 11) is -1.72. The van der Waals surface area contributed by atoms with Crippen LogP contribution in [0.5, 0.6) is 0 Å². The number of sulfonamides is 1. The maximum Gasteiger partial charge on any atom is 0.360 e. The Balaban J connectivity index is 2.95. The second-order valence-electron chi connectivity index (χ2n) is 4.77. The summed E-state index contributed by atoms with van der Waals surface area (Å²) in [6, 6.07) is 0.257. The number of aromatic nitrogens is 1. The van der Waals surface area contributed by atoms with Gasteiger partial charge in [0.15, 0.2) is 5.69 Å². The highest BCUT2D eigenvalue weighted by Gasteiger charge is 2.29. The van der Waals surface area contributed by atoms with Crippen LogP contribution >= 0.6 is 0 Å². The summed E-state index contributed by atoms with van der Waals surface area (Å²) < 4.78 is 40.3. The molecule has 0 aliphatic rings. The second-order valence-corrected chi connectivity index (χ2v) is 6.42. The fourth-order valence-electron chi connectivity index (χ4n) is 1.52. The molecular weight excluding hydrogens is 316 g/mol. The molecule has 0 amide bonds. The molecule has 0 bridgehead atoms. The first-order valence-electron chi connectivity index (χ1n) is 6.35. The van der Waals surface area contributed by atoms with E-state index in [0.29, 0.717) is 0 Å². The third kappa shape index (κ3) is 4.53. The molecule has 0 fully saturated rings. The number of carbonyl (C=O) groups is 2. The molecule has 0 saturated heterocycles. The first kappa shape index (κ1) is 18.1. The van der Waals surface area contributed by atoms with Gasteiger partial charge in [0.2, 0.25) is 0 Å². The van der Waals surface area contributed by atoms with Gasteiger partial charge in [0.05, 0.1) is 20.6 Å². The van der Waals surface area contributed by atoms with Gasteiger partial charge in [-0.25, -0.2) is 17.9 Å². The Morgan fingerprint density at radius 3 is 2.45 bits per heavy atom. The van der Waals surface area contributed by atoms with E-state index < -0.39 is 33.1 Å². The Labute approximate surface area is 128 Å². The number of rotatable bonds is 7. The molecule has 22 heavy (non-hydrogen) atoms. The summed E-state index contributed by atoms with van der Waals surface area (Å²) in [5.41, 5.74) is -0.267. The minimum absolute atomic E-state index is 0.134. The van der Waals surface area contributed by atoms with E-state index in [2.05, 4.69) is 23.9 Å². The van der Waals surface area contributed by atoms with Crippen LogP contribution in [0.2, 0.25) is 0 Å². The van der Waals surface area contributed by atoms with E-state index in [0.717, 1.165) is 13.2 Å². The van der Waals surface area contributed by atoms with Crippen LogP contribution in [0.4, 0.5) is 0 Å². The van der Waals surface area contributed by atoms with Crippen molar-refractivity contribution in [1.82, 2.24) is 9.88 Å². The molecule has 1 aromatic heterocycles. The summed E-state index contributed by atoms with van der Waals surface area (Å²) in [5, 5.41) is 2.78. The van der Waals surface area contributed by atoms with Crippen LogP contribution in [-0.4, -0.2) is 45.8 Å². The van der Waals surface area contributed by atoms with Crippen molar-refractivity contribution in [3.05, 3.63) is 11.8 Å². The molecule has 1 aromatic rings. The van der Waals surface area contributed by atoms with Crippen molar-refractivity contribution >= 4 is 22.0 Å². The minimum Gasteiger partial charge on any atom is -0.469 e. The van der Waals surface area contributed by atoms with E-state index in [1.165, 1.54) is 7.11 Å².